The Hall–Kier alpha value is -0.236. The molecule has 0 saturated heterocycles. The van der Waals surface area contributed by atoms with Crippen LogP contribution in [0.5, 0.6) is 0 Å². The van der Waals surface area contributed by atoms with Gasteiger partial charge in [0.1, 0.15) is 0 Å². The average Bonchev–Trinajstić information content (AvgIpc) is 2.66. The molecule has 0 aromatic rings. The highest BCUT2D eigenvalue weighted by Gasteiger charge is 2.49. The summed E-state index contributed by atoms with van der Waals surface area (Å²) in [5.41, 5.74) is 2.23. The van der Waals surface area contributed by atoms with Crippen LogP contribution in [0.4, 0.5) is 0 Å². The molecule has 3 atom stereocenters. The fourth-order valence-electron chi connectivity index (χ4n) is 3.88. The molecule has 0 spiro atoms. The van der Waals surface area contributed by atoms with Gasteiger partial charge in [-0.2, -0.15) is 0 Å². The number of hydrogen-bond acceptors (Lipinski definition) is 3. The van der Waals surface area contributed by atoms with Gasteiger partial charge in [-0.15, -0.1) is 0 Å². The molecule has 28 heavy (non-hydrogen) atoms. The van der Waals surface area contributed by atoms with Crippen LogP contribution < -0.4 is 0 Å². The molecule has 0 heterocycles. The highest BCUT2D eigenvalue weighted by atomic mass is 28.4. The van der Waals surface area contributed by atoms with Gasteiger partial charge < -0.3 is 8.85 Å². The first-order valence-electron chi connectivity index (χ1n) is 11.1. The van der Waals surface area contributed by atoms with Crippen LogP contribution >= 0.6 is 0 Å². The summed E-state index contributed by atoms with van der Waals surface area (Å²) in [6.07, 6.45) is 3.92. The summed E-state index contributed by atoms with van der Waals surface area (Å²) in [5.74, 6) is 0.673. The van der Waals surface area contributed by atoms with Crippen LogP contribution in [-0.4, -0.2) is 34.6 Å². The SMILES string of the molecule is CC1=C2C(CCC[C@H](O[Si](C)(C)C(C)(C)C)[C@H]2O[Si](C)(C)C(C)(C)C)CC1=O. The number of Topliss-reactive ketones (excluding diaryl/α,β-unsaturated/α-hetero) is 1. The van der Waals surface area contributed by atoms with Crippen molar-refractivity contribution in [3.05, 3.63) is 11.1 Å². The Labute approximate surface area is 175 Å². The Balaban J connectivity index is 2.48. The van der Waals surface area contributed by atoms with Crippen molar-refractivity contribution in [1.29, 1.82) is 0 Å². The van der Waals surface area contributed by atoms with E-state index in [1.165, 1.54) is 5.57 Å². The van der Waals surface area contributed by atoms with Crippen molar-refractivity contribution in [1.82, 2.24) is 0 Å². The van der Waals surface area contributed by atoms with Gasteiger partial charge in [0.2, 0.25) is 0 Å². The summed E-state index contributed by atoms with van der Waals surface area (Å²) in [7, 11) is -3.93. The van der Waals surface area contributed by atoms with Crippen molar-refractivity contribution in [3.63, 3.8) is 0 Å². The molecular formula is C23H44O3Si2. The van der Waals surface area contributed by atoms with Gasteiger partial charge in [-0.05, 0) is 73.1 Å². The predicted molar refractivity (Wildman–Crippen MR) is 124 cm³/mol. The molecule has 0 N–H and O–H groups in total. The lowest BCUT2D eigenvalue weighted by molar-refractivity contribution is -0.115. The molecule has 1 saturated carbocycles. The summed E-state index contributed by atoms with van der Waals surface area (Å²) < 4.78 is 14.0. The van der Waals surface area contributed by atoms with Gasteiger partial charge in [0, 0.05) is 6.42 Å². The summed E-state index contributed by atoms with van der Waals surface area (Å²) in [6.45, 7) is 25.1. The number of carbonyl (C=O) groups excluding carboxylic acids is 1. The van der Waals surface area contributed by atoms with Gasteiger partial charge in [0.25, 0.3) is 0 Å². The van der Waals surface area contributed by atoms with Crippen molar-refractivity contribution in [2.24, 2.45) is 5.92 Å². The van der Waals surface area contributed by atoms with Crippen molar-refractivity contribution in [2.75, 3.05) is 0 Å². The molecule has 0 aromatic heterocycles. The zero-order valence-corrected chi connectivity index (χ0v) is 22.3. The minimum atomic E-state index is -2.00. The highest BCUT2D eigenvalue weighted by Crippen LogP contribution is 2.47. The van der Waals surface area contributed by atoms with E-state index < -0.39 is 16.6 Å². The molecule has 0 bridgehead atoms. The zero-order valence-electron chi connectivity index (χ0n) is 20.3. The van der Waals surface area contributed by atoms with E-state index in [1.807, 2.05) is 6.92 Å². The fourth-order valence-corrected chi connectivity index (χ4v) is 6.50. The van der Waals surface area contributed by atoms with Crippen LogP contribution in [0, 0.1) is 5.92 Å². The lowest BCUT2D eigenvalue weighted by Gasteiger charge is -2.45. The molecule has 0 aromatic carbocycles. The van der Waals surface area contributed by atoms with Gasteiger partial charge in [-0.3, -0.25) is 4.79 Å². The number of allylic oxidation sites excluding steroid dienone is 1. The first kappa shape index (κ1) is 24.0. The van der Waals surface area contributed by atoms with Crippen LogP contribution in [0.3, 0.4) is 0 Å². The van der Waals surface area contributed by atoms with E-state index in [2.05, 4.69) is 67.7 Å². The monoisotopic (exact) mass is 424 g/mol. The van der Waals surface area contributed by atoms with E-state index in [4.69, 9.17) is 8.85 Å². The third-order valence-corrected chi connectivity index (χ3v) is 16.8. The molecule has 2 rings (SSSR count). The second kappa shape index (κ2) is 7.79. The van der Waals surface area contributed by atoms with Crippen LogP contribution in [0.2, 0.25) is 36.3 Å². The van der Waals surface area contributed by atoms with Crippen LogP contribution in [0.1, 0.15) is 74.1 Å². The second-order valence-electron chi connectivity index (χ2n) is 12.1. The maximum Gasteiger partial charge on any atom is 0.193 e. The third kappa shape index (κ3) is 4.74. The molecule has 2 aliphatic carbocycles. The van der Waals surface area contributed by atoms with E-state index >= 15 is 0 Å². The Kier molecular flexibility index (Phi) is 6.68. The van der Waals surface area contributed by atoms with E-state index in [0.717, 1.165) is 24.8 Å². The molecular weight excluding hydrogens is 380 g/mol. The fraction of sp³-hybridized carbons (Fsp3) is 0.870. The Morgan fingerprint density at radius 2 is 1.36 bits per heavy atom. The first-order chi connectivity index (χ1) is 12.5. The Morgan fingerprint density at radius 3 is 1.86 bits per heavy atom. The highest BCUT2D eigenvalue weighted by molar-refractivity contribution is 6.74. The normalized spacial score (nSPS) is 27.8. The third-order valence-electron chi connectivity index (χ3n) is 7.89. The summed E-state index contributed by atoms with van der Waals surface area (Å²) in [6, 6.07) is 0. The lowest BCUT2D eigenvalue weighted by atomic mass is 9.94. The van der Waals surface area contributed by atoms with Gasteiger partial charge in [0.05, 0.1) is 12.2 Å². The van der Waals surface area contributed by atoms with Gasteiger partial charge in [0.15, 0.2) is 22.4 Å². The number of ketones is 1. The minimum Gasteiger partial charge on any atom is -0.411 e. The molecule has 5 heteroatoms. The standard InChI is InChI=1S/C23H44O3Si2/c1-16-18(24)15-17-13-12-14-19(25-27(8,9)22(2,3)4)21(20(16)17)26-28(10,11)23(5,6)7/h17,19,21H,12-15H2,1-11H3/t17?,19-,21+/m0/s1. The Bertz CT molecular complexity index is 635. The molecule has 2 aliphatic rings. The molecule has 1 unspecified atom stereocenters. The average molecular weight is 425 g/mol. The maximum absolute atomic E-state index is 12.6. The largest absolute Gasteiger partial charge is 0.411 e. The van der Waals surface area contributed by atoms with Gasteiger partial charge in [-0.1, -0.05) is 48.0 Å². The number of hydrogen-bond donors (Lipinski definition) is 0. The smallest absolute Gasteiger partial charge is 0.193 e. The number of fused-ring (bicyclic) bond motifs is 1. The van der Waals surface area contributed by atoms with Gasteiger partial charge in [-0.25, -0.2) is 0 Å². The summed E-state index contributed by atoms with van der Waals surface area (Å²) in [4.78, 5) is 12.6. The van der Waals surface area contributed by atoms with E-state index in [9.17, 15) is 4.79 Å². The molecule has 0 radical (unpaired) electrons. The zero-order chi connectivity index (χ0) is 21.7. The van der Waals surface area contributed by atoms with Crippen LogP contribution in [0.15, 0.2) is 11.1 Å². The maximum atomic E-state index is 12.6. The molecule has 162 valence electrons. The van der Waals surface area contributed by atoms with Crippen molar-refractivity contribution in [2.45, 2.75) is 123 Å². The van der Waals surface area contributed by atoms with Crippen LogP contribution in [-0.2, 0) is 13.6 Å². The first-order valence-corrected chi connectivity index (χ1v) is 16.9. The van der Waals surface area contributed by atoms with E-state index in [-0.39, 0.29) is 22.3 Å². The van der Waals surface area contributed by atoms with E-state index in [0.29, 0.717) is 18.1 Å². The van der Waals surface area contributed by atoms with E-state index in [1.54, 1.807) is 0 Å². The molecule has 1 fully saturated rings. The number of carbonyl (C=O) groups is 1. The summed E-state index contributed by atoms with van der Waals surface area (Å²) >= 11 is 0. The molecule has 0 aliphatic heterocycles. The predicted octanol–water partition coefficient (Wildman–Crippen LogP) is 6.86. The quantitative estimate of drug-likeness (QED) is 0.462. The lowest BCUT2D eigenvalue weighted by Crippen LogP contribution is -2.52. The second-order valence-corrected chi connectivity index (χ2v) is 21.6. The number of rotatable bonds is 4. The summed E-state index contributed by atoms with van der Waals surface area (Å²) in [5, 5.41) is 0.294. The van der Waals surface area contributed by atoms with Crippen molar-refractivity contribution >= 4 is 22.4 Å². The van der Waals surface area contributed by atoms with Crippen molar-refractivity contribution < 1.29 is 13.6 Å². The van der Waals surface area contributed by atoms with Crippen LogP contribution in [0.25, 0.3) is 0 Å². The topological polar surface area (TPSA) is 35.5 Å². The molecule has 0 amide bonds. The van der Waals surface area contributed by atoms with Crippen molar-refractivity contribution in [3.8, 4) is 0 Å². The Morgan fingerprint density at radius 1 is 0.857 bits per heavy atom. The van der Waals surface area contributed by atoms with Gasteiger partial charge >= 0.3 is 0 Å². The minimum absolute atomic E-state index is 0.0611. The molecule has 3 nitrogen and oxygen atoms in total.